The van der Waals surface area contributed by atoms with Gasteiger partial charge in [0.15, 0.2) is 0 Å². The lowest BCUT2D eigenvalue weighted by molar-refractivity contribution is 0.287. The molecule has 0 atom stereocenters. The number of benzene rings is 1. The molecule has 1 N–H and O–H groups in total. The summed E-state index contributed by atoms with van der Waals surface area (Å²) >= 11 is 2.03. The molecule has 0 saturated carbocycles. The van der Waals surface area contributed by atoms with E-state index in [0.717, 1.165) is 30.9 Å². The topological polar surface area (TPSA) is 32.7 Å². The number of hydrogen-bond donors (Lipinski definition) is 1. The smallest absolute Gasteiger partial charge is 0.119 e. The number of rotatable bonds is 3. The lowest BCUT2D eigenvalue weighted by Gasteiger charge is -2.20. The molecule has 1 aliphatic rings. The SMILES string of the molecule is COc1ccc(C#CCO)c(CN2CCCSCC2)c1. The highest BCUT2D eigenvalue weighted by Crippen LogP contribution is 2.20. The zero-order valence-corrected chi connectivity index (χ0v) is 12.7. The third-order valence-corrected chi connectivity index (χ3v) is 4.37. The average Bonchev–Trinajstić information content (AvgIpc) is 2.74. The third kappa shape index (κ3) is 4.45. The van der Waals surface area contributed by atoms with Crippen molar-refractivity contribution in [1.29, 1.82) is 0 Å². The summed E-state index contributed by atoms with van der Waals surface area (Å²) in [5, 5.41) is 8.87. The Hall–Kier alpha value is -1.15. The van der Waals surface area contributed by atoms with Gasteiger partial charge in [0, 0.05) is 24.4 Å². The Morgan fingerprint density at radius 1 is 1.35 bits per heavy atom. The number of methoxy groups -OCH3 is 1. The molecule has 0 aliphatic carbocycles. The average molecular weight is 291 g/mol. The molecule has 4 heteroatoms. The first kappa shape index (κ1) is 15.2. The molecule has 0 aromatic heterocycles. The Labute approximate surface area is 125 Å². The molecule has 1 saturated heterocycles. The van der Waals surface area contributed by atoms with Gasteiger partial charge in [-0.3, -0.25) is 4.90 Å². The van der Waals surface area contributed by atoms with Crippen LogP contribution in [0.3, 0.4) is 0 Å². The van der Waals surface area contributed by atoms with Gasteiger partial charge in [0.05, 0.1) is 7.11 Å². The fourth-order valence-electron chi connectivity index (χ4n) is 2.28. The lowest BCUT2D eigenvalue weighted by Crippen LogP contribution is -2.25. The molecule has 0 radical (unpaired) electrons. The van der Waals surface area contributed by atoms with E-state index in [1.807, 2.05) is 23.9 Å². The van der Waals surface area contributed by atoms with Crippen LogP contribution in [0.25, 0.3) is 0 Å². The minimum Gasteiger partial charge on any atom is -0.497 e. The van der Waals surface area contributed by atoms with Gasteiger partial charge in [-0.1, -0.05) is 11.8 Å². The Bertz CT molecular complexity index is 485. The molecule has 0 spiro atoms. The first-order valence-electron chi connectivity index (χ1n) is 6.90. The van der Waals surface area contributed by atoms with Crippen LogP contribution in [0.5, 0.6) is 5.75 Å². The molecule has 2 rings (SSSR count). The van der Waals surface area contributed by atoms with Crippen molar-refractivity contribution in [1.82, 2.24) is 4.90 Å². The van der Waals surface area contributed by atoms with Crippen molar-refractivity contribution in [2.75, 3.05) is 38.3 Å². The molecule has 108 valence electrons. The van der Waals surface area contributed by atoms with E-state index < -0.39 is 0 Å². The summed E-state index contributed by atoms with van der Waals surface area (Å²) < 4.78 is 5.31. The van der Waals surface area contributed by atoms with Crippen molar-refractivity contribution >= 4 is 11.8 Å². The maximum Gasteiger partial charge on any atom is 0.119 e. The monoisotopic (exact) mass is 291 g/mol. The molecular weight excluding hydrogens is 270 g/mol. The van der Waals surface area contributed by atoms with Gasteiger partial charge in [-0.15, -0.1) is 0 Å². The van der Waals surface area contributed by atoms with Gasteiger partial charge in [-0.2, -0.15) is 11.8 Å². The van der Waals surface area contributed by atoms with Crippen LogP contribution >= 0.6 is 11.8 Å². The Morgan fingerprint density at radius 3 is 3.05 bits per heavy atom. The summed E-state index contributed by atoms with van der Waals surface area (Å²) in [5.41, 5.74) is 2.16. The third-order valence-electron chi connectivity index (χ3n) is 3.32. The van der Waals surface area contributed by atoms with Gasteiger partial charge in [0.1, 0.15) is 12.4 Å². The lowest BCUT2D eigenvalue weighted by atomic mass is 10.1. The van der Waals surface area contributed by atoms with Crippen LogP contribution in [0.1, 0.15) is 17.5 Å². The van der Waals surface area contributed by atoms with E-state index in [9.17, 15) is 0 Å². The molecule has 0 bridgehead atoms. The minimum absolute atomic E-state index is 0.105. The van der Waals surface area contributed by atoms with E-state index in [0.29, 0.717) is 0 Å². The number of nitrogens with zero attached hydrogens (tertiary/aromatic N) is 1. The van der Waals surface area contributed by atoms with E-state index in [4.69, 9.17) is 9.84 Å². The number of aliphatic hydroxyl groups is 1. The quantitative estimate of drug-likeness (QED) is 0.863. The predicted octanol–water partition coefficient (Wildman–Crippen LogP) is 1.98. The molecule has 0 unspecified atom stereocenters. The van der Waals surface area contributed by atoms with Crippen LogP contribution in [-0.4, -0.2) is 48.3 Å². The van der Waals surface area contributed by atoms with Crippen LogP contribution in [0.15, 0.2) is 18.2 Å². The second-order valence-electron chi connectivity index (χ2n) is 4.73. The van der Waals surface area contributed by atoms with Crippen molar-refractivity contribution in [3.63, 3.8) is 0 Å². The van der Waals surface area contributed by atoms with Crippen LogP contribution in [-0.2, 0) is 6.54 Å². The highest BCUT2D eigenvalue weighted by molar-refractivity contribution is 7.99. The maximum atomic E-state index is 8.87. The van der Waals surface area contributed by atoms with E-state index in [1.165, 1.54) is 23.5 Å². The van der Waals surface area contributed by atoms with Gasteiger partial charge < -0.3 is 9.84 Å². The summed E-state index contributed by atoms with van der Waals surface area (Å²) in [5.74, 6) is 9.08. The first-order chi connectivity index (χ1) is 9.83. The maximum absolute atomic E-state index is 8.87. The van der Waals surface area contributed by atoms with Gasteiger partial charge >= 0.3 is 0 Å². The number of thioether (sulfide) groups is 1. The predicted molar refractivity (Wildman–Crippen MR) is 84.2 cm³/mol. The van der Waals surface area contributed by atoms with E-state index in [1.54, 1.807) is 7.11 Å². The van der Waals surface area contributed by atoms with Gasteiger partial charge in [-0.05, 0) is 42.5 Å². The number of aliphatic hydroxyl groups excluding tert-OH is 1. The van der Waals surface area contributed by atoms with E-state index in [2.05, 4.69) is 22.8 Å². The largest absolute Gasteiger partial charge is 0.497 e. The number of ether oxygens (including phenoxy) is 1. The van der Waals surface area contributed by atoms with Crippen molar-refractivity contribution in [3.05, 3.63) is 29.3 Å². The van der Waals surface area contributed by atoms with Crippen LogP contribution in [0.4, 0.5) is 0 Å². The van der Waals surface area contributed by atoms with Crippen LogP contribution < -0.4 is 4.74 Å². The summed E-state index contributed by atoms with van der Waals surface area (Å²) in [6.45, 7) is 3.05. The zero-order chi connectivity index (χ0) is 14.2. The van der Waals surface area contributed by atoms with Crippen LogP contribution in [0.2, 0.25) is 0 Å². The van der Waals surface area contributed by atoms with E-state index in [-0.39, 0.29) is 6.61 Å². The van der Waals surface area contributed by atoms with Gasteiger partial charge in [-0.25, -0.2) is 0 Å². The first-order valence-corrected chi connectivity index (χ1v) is 8.05. The molecule has 1 heterocycles. The van der Waals surface area contributed by atoms with Crippen molar-refractivity contribution < 1.29 is 9.84 Å². The number of hydrogen-bond acceptors (Lipinski definition) is 4. The second-order valence-corrected chi connectivity index (χ2v) is 5.95. The summed E-state index contributed by atoms with van der Waals surface area (Å²) in [4.78, 5) is 2.47. The second kappa shape index (κ2) is 8.21. The summed E-state index contributed by atoms with van der Waals surface area (Å²) in [7, 11) is 1.68. The highest BCUT2D eigenvalue weighted by Gasteiger charge is 2.12. The standard InChI is InChI=1S/C16H21NO2S/c1-19-16-6-5-14(4-2-9-18)15(12-16)13-17-7-3-10-20-11-8-17/h5-6,12,18H,3,7-11,13H2,1H3. The van der Waals surface area contributed by atoms with Crippen molar-refractivity contribution in [2.45, 2.75) is 13.0 Å². The normalized spacial score (nSPS) is 16.1. The summed E-state index contributed by atoms with van der Waals surface area (Å²) in [6.07, 6.45) is 1.24. The van der Waals surface area contributed by atoms with E-state index >= 15 is 0 Å². The van der Waals surface area contributed by atoms with Gasteiger partial charge in [0.25, 0.3) is 0 Å². The molecule has 20 heavy (non-hydrogen) atoms. The van der Waals surface area contributed by atoms with Crippen molar-refractivity contribution in [3.8, 4) is 17.6 Å². The van der Waals surface area contributed by atoms with Crippen molar-refractivity contribution in [2.24, 2.45) is 0 Å². The Balaban J connectivity index is 2.17. The molecular formula is C16H21NO2S. The molecule has 3 nitrogen and oxygen atoms in total. The molecule has 1 aliphatic heterocycles. The van der Waals surface area contributed by atoms with Crippen LogP contribution in [0, 0.1) is 11.8 Å². The fraction of sp³-hybridized carbons (Fsp3) is 0.500. The summed E-state index contributed by atoms with van der Waals surface area (Å²) in [6, 6.07) is 5.95. The molecule has 1 aromatic rings. The Morgan fingerprint density at radius 2 is 2.25 bits per heavy atom. The fourth-order valence-corrected chi connectivity index (χ4v) is 3.21. The van der Waals surface area contributed by atoms with Gasteiger partial charge in [0.2, 0.25) is 0 Å². The minimum atomic E-state index is -0.105. The molecule has 1 fully saturated rings. The molecule has 1 aromatic carbocycles. The Kier molecular flexibility index (Phi) is 6.25. The molecule has 0 amide bonds. The zero-order valence-electron chi connectivity index (χ0n) is 11.9. The highest BCUT2D eigenvalue weighted by atomic mass is 32.2.